The van der Waals surface area contributed by atoms with Crippen LogP contribution in [0.25, 0.3) is 6.08 Å². The van der Waals surface area contributed by atoms with Gasteiger partial charge in [-0.05, 0) is 66.4 Å². The maximum atomic E-state index is 12.6. The summed E-state index contributed by atoms with van der Waals surface area (Å²) in [6.07, 6.45) is 4.84. The number of amidine groups is 2. The van der Waals surface area contributed by atoms with E-state index in [1.54, 1.807) is 18.5 Å². The molecular formula is C21H12ClN5O2S2. The fraction of sp³-hybridized carbons (Fsp3) is 0. The van der Waals surface area contributed by atoms with Gasteiger partial charge in [0.1, 0.15) is 10.8 Å². The highest BCUT2D eigenvalue weighted by atomic mass is 35.5. The van der Waals surface area contributed by atoms with Gasteiger partial charge in [-0.25, -0.2) is 0 Å². The highest BCUT2D eigenvalue weighted by Crippen LogP contribution is 2.33. The minimum absolute atomic E-state index is 0.0464. The van der Waals surface area contributed by atoms with Gasteiger partial charge in [0.15, 0.2) is 10.9 Å². The molecule has 152 valence electrons. The van der Waals surface area contributed by atoms with E-state index in [0.717, 1.165) is 10.5 Å². The van der Waals surface area contributed by atoms with Gasteiger partial charge in [0, 0.05) is 27.9 Å². The van der Waals surface area contributed by atoms with Crippen molar-refractivity contribution in [2.45, 2.75) is 9.99 Å². The van der Waals surface area contributed by atoms with E-state index in [4.69, 9.17) is 21.4 Å². The van der Waals surface area contributed by atoms with Crippen LogP contribution in [0.4, 0.5) is 0 Å². The van der Waals surface area contributed by atoms with E-state index in [2.05, 4.69) is 15.1 Å². The molecule has 2 aliphatic heterocycles. The fourth-order valence-corrected chi connectivity index (χ4v) is 4.63. The molecule has 0 radical (unpaired) electrons. The van der Waals surface area contributed by atoms with Crippen LogP contribution in [0.2, 0.25) is 5.02 Å². The van der Waals surface area contributed by atoms with Crippen LogP contribution in [-0.2, 0) is 4.79 Å². The molecule has 7 nitrogen and oxygen atoms in total. The number of hydrazone groups is 1. The SMILES string of the molecule is N=C1/C(=C/c2ccc(Sc3ccc(Cl)cc3)o2)C(=O)N=C2SC(c3ccncc3)=NN12. The number of pyridine rings is 1. The first-order valence-electron chi connectivity index (χ1n) is 9.01. The van der Waals surface area contributed by atoms with Gasteiger partial charge in [0.2, 0.25) is 5.17 Å². The van der Waals surface area contributed by atoms with E-state index in [1.165, 1.54) is 34.6 Å². The number of furan rings is 1. The van der Waals surface area contributed by atoms with Gasteiger partial charge in [-0.1, -0.05) is 23.4 Å². The van der Waals surface area contributed by atoms with Crippen molar-refractivity contribution in [1.82, 2.24) is 9.99 Å². The number of nitrogens with zero attached hydrogens (tertiary/aromatic N) is 4. The van der Waals surface area contributed by atoms with Crippen LogP contribution >= 0.6 is 35.1 Å². The number of amides is 1. The zero-order valence-corrected chi connectivity index (χ0v) is 18.0. The highest BCUT2D eigenvalue weighted by molar-refractivity contribution is 8.27. The Labute approximate surface area is 190 Å². The van der Waals surface area contributed by atoms with Gasteiger partial charge in [-0.15, -0.1) is 0 Å². The van der Waals surface area contributed by atoms with Crippen molar-refractivity contribution in [1.29, 1.82) is 5.41 Å². The maximum Gasteiger partial charge on any atom is 0.283 e. The second-order valence-corrected chi connectivity index (χ2v) is 8.84. The van der Waals surface area contributed by atoms with Gasteiger partial charge in [-0.2, -0.15) is 15.1 Å². The lowest BCUT2D eigenvalue weighted by molar-refractivity contribution is -0.114. The van der Waals surface area contributed by atoms with Crippen LogP contribution in [0.1, 0.15) is 11.3 Å². The standard InChI is InChI=1S/C21H12ClN5O2S2/c22-13-1-4-15(5-2-13)30-17-6-3-14(29-17)11-16-18(23)27-21(25-19(16)28)31-20(26-27)12-7-9-24-10-8-12/h1-11,23H/b16-11-,23-18?. The Bertz CT molecular complexity index is 1280. The zero-order valence-electron chi connectivity index (χ0n) is 15.7. The molecule has 1 amide bonds. The molecular weight excluding hydrogens is 454 g/mol. The Morgan fingerprint density at radius 2 is 1.87 bits per heavy atom. The van der Waals surface area contributed by atoms with Crippen LogP contribution in [0.5, 0.6) is 0 Å². The summed E-state index contributed by atoms with van der Waals surface area (Å²) < 4.78 is 5.81. The lowest BCUT2D eigenvalue weighted by Gasteiger charge is -2.19. The monoisotopic (exact) mass is 465 g/mol. The maximum absolute atomic E-state index is 12.6. The topological polar surface area (TPSA) is 94.9 Å². The van der Waals surface area contributed by atoms with E-state index in [0.29, 0.717) is 26.1 Å². The predicted octanol–water partition coefficient (Wildman–Crippen LogP) is 5.15. The molecule has 1 N–H and O–H groups in total. The number of thioether (sulfide) groups is 1. The second kappa shape index (κ2) is 8.18. The van der Waals surface area contributed by atoms with E-state index in [1.807, 2.05) is 42.5 Å². The number of carbonyl (C=O) groups excluding carboxylic acids is 1. The first kappa shape index (κ1) is 19.8. The van der Waals surface area contributed by atoms with Crippen molar-refractivity contribution in [2.24, 2.45) is 10.1 Å². The molecule has 2 aliphatic rings. The Hall–Kier alpha value is -3.14. The third-order valence-corrected chi connectivity index (χ3v) is 6.44. The van der Waals surface area contributed by atoms with Crippen LogP contribution in [-0.4, -0.2) is 31.9 Å². The molecule has 10 heteroatoms. The molecule has 0 bridgehead atoms. The van der Waals surface area contributed by atoms with Crippen LogP contribution in [0.3, 0.4) is 0 Å². The summed E-state index contributed by atoms with van der Waals surface area (Å²) in [7, 11) is 0. The minimum Gasteiger partial charge on any atom is -0.450 e. The average molecular weight is 466 g/mol. The molecule has 0 fully saturated rings. The van der Waals surface area contributed by atoms with Crippen molar-refractivity contribution < 1.29 is 9.21 Å². The summed E-state index contributed by atoms with van der Waals surface area (Å²) in [6, 6.07) is 14.6. The van der Waals surface area contributed by atoms with Gasteiger partial charge in [0.05, 0.1) is 5.57 Å². The molecule has 3 aromatic rings. The number of carbonyl (C=O) groups is 1. The first-order valence-corrected chi connectivity index (χ1v) is 11.0. The Balaban J connectivity index is 1.38. The summed E-state index contributed by atoms with van der Waals surface area (Å²) in [6.45, 7) is 0. The fourth-order valence-electron chi connectivity index (χ4n) is 2.83. The molecule has 0 atom stereocenters. The van der Waals surface area contributed by atoms with Crippen molar-refractivity contribution in [3.8, 4) is 0 Å². The lowest BCUT2D eigenvalue weighted by Crippen LogP contribution is -2.35. The summed E-state index contributed by atoms with van der Waals surface area (Å²) in [4.78, 5) is 21.6. The van der Waals surface area contributed by atoms with Gasteiger partial charge in [-0.3, -0.25) is 15.2 Å². The first-order chi connectivity index (χ1) is 15.1. The molecule has 0 aliphatic carbocycles. The number of aliphatic imine (C=N–C) groups is 1. The molecule has 0 saturated heterocycles. The average Bonchev–Trinajstić information content (AvgIpc) is 3.40. The molecule has 2 aromatic heterocycles. The van der Waals surface area contributed by atoms with E-state index >= 15 is 0 Å². The molecule has 31 heavy (non-hydrogen) atoms. The van der Waals surface area contributed by atoms with Gasteiger partial charge < -0.3 is 4.42 Å². The van der Waals surface area contributed by atoms with Crippen LogP contribution in [0, 0.1) is 5.41 Å². The third-order valence-electron chi connectivity index (χ3n) is 4.30. The quantitative estimate of drug-likeness (QED) is 0.535. The molecule has 0 saturated carbocycles. The molecule has 4 heterocycles. The summed E-state index contributed by atoms with van der Waals surface area (Å²) in [5.41, 5.74) is 0.958. The highest BCUT2D eigenvalue weighted by Gasteiger charge is 2.36. The number of fused-ring (bicyclic) bond motifs is 1. The Morgan fingerprint density at radius 3 is 2.65 bits per heavy atom. The van der Waals surface area contributed by atoms with Crippen molar-refractivity contribution in [3.63, 3.8) is 0 Å². The smallest absolute Gasteiger partial charge is 0.283 e. The lowest BCUT2D eigenvalue weighted by atomic mass is 10.1. The molecule has 1 aromatic carbocycles. The molecule has 0 unspecified atom stereocenters. The largest absolute Gasteiger partial charge is 0.450 e. The van der Waals surface area contributed by atoms with Crippen molar-refractivity contribution >= 4 is 63.2 Å². The number of aromatic nitrogens is 1. The van der Waals surface area contributed by atoms with E-state index in [-0.39, 0.29) is 11.4 Å². The zero-order chi connectivity index (χ0) is 21.4. The Morgan fingerprint density at radius 1 is 1.10 bits per heavy atom. The minimum atomic E-state index is -0.502. The van der Waals surface area contributed by atoms with Crippen LogP contribution < -0.4 is 0 Å². The van der Waals surface area contributed by atoms with E-state index in [9.17, 15) is 4.79 Å². The van der Waals surface area contributed by atoms with Crippen LogP contribution in [0.15, 0.2) is 91.0 Å². The predicted molar refractivity (Wildman–Crippen MR) is 123 cm³/mol. The number of hydrogen-bond acceptors (Lipinski definition) is 7. The number of nitrogens with one attached hydrogen (secondary N) is 1. The molecule has 0 spiro atoms. The normalized spacial score (nSPS) is 17.1. The summed E-state index contributed by atoms with van der Waals surface area (Å²) in [5.74, 6) is -0.0958. The van der Waals surface area contributed by atoms with Gasteiger partial charge >= 0.3 is 0 Å². The summed E-state index contributed by atoms with van der Waals surface area (Å²) in [5, 5.41) is 16.6. The number of rotatable bonds is 4. The van der Waals surface area contributed by atoms with Gasteiger partial charge in [0.25, 0.3) is 5.91 Å². The number of benzene rings is 1. The summed E-state index contributed by atoms with van der Waals surface area (Å²) >= 11 is 8.59. The second-order valence-electron chi connectivity index (χ2n) is 6.37. The number of halogens is 1. The van der Waals surface area contributed by atoms with Crippen molar-refractivity contribution in [2.75, 3.05) is 0 Å². The number of hydrogen-bond donors (Lipinski definition) is 1. The van der Waals surface area contributed by atoms with Crippen molar-refractivity contribution in [3.05, 3.63) is 82.8 Å². The molecule has 5 rings (SSSR count). The van der Waals surface area contributed by atoms with E-state index < -0.39 is 5.91 Å². The third kappa shape index (κ3) is 4.07. The Kier molecular flexibility index (Phi) is 5.23.